The molecule has 9 heteroatoms. The number of halogens is 4. The number of hydrogen-bond acceptors (Lipinski definition) is 3. The van der Waals surface area contributed by atoms with Gasteiger partial charge in [0.1, 0.15) is 11.8 Å². The van der Waals surface area contributed by atoms with Crippen molar-refractivity contribution in [2.75, 3.05) is 13.7 Å². The zero-order chi connectivity index (χ0) is 19.3. The summed E-state index contributed by atoms with van der Waals surface area (Å²) in [4.78, 5) is 24.1. The van der Waals surface area contributed by atoms with Gasteiger partial charge in [0.25, 0.3) is 5.91 Å². The number of hydrogen-bond donors (Lipinski definition) is 2. The molecule has 1 atom stereocenters. The fourth-order valence-corrected chi connectivity index (χ4v) is 2.34. The topological polar surface area (TPSA) is 67.4 Å². The zero-order valence-corrected chi connectivity index (χ0v) is 15.0. The number of amides is 2. The van der Waals surface area contributed by atoms with Crippen LogP contribution in [-0.4, -0.2) is 25.5 Å². The first-order valence-electron chi connectivity index (χ1n) is 7.35. The highest BCUT2D eigenvalue weighted by Crippen LogP contribution is 2.26. The van der Waals surface area contributed by atoms with Gasteiger partial charge in [0.05, 0.1) is 10.0 Å². The van der Waals surface area contributed by atoms with Crippen LogP contribution in [0.15, 0.2) is 36.4 Å². The standard InChI is InChI=1S/C17H14Cl2F2N2O3/c1-22-17(25)16(9-2-5-13(20)14(21)6-9)23-15(24)8-26-10-3-4-11(18)12(19)7-10/h2-7,16H,8H2,1H3,(H,22,25)(H,23,24). The molecule has 2 aromatic carbocycles. The van der Waals surface area contributed by atoms with Gasteiger partial charge in [0.15, 0.2) is 18.2 Å². The second kappa shape index (κ2) is 8.82. The number of benzene rings is 2. The summed E-state index contributed by atoms with van der Waals surface area (Å²) in [7, 11) is 1.35. The van der Waals surface area contributed by atoms with Crippen molar-refractivity contribution >= 4 is 35.0 Å². The Bertz CT molecular complexity index is 834. The molecule has 0 saturated carbocycles. The Balaban J connectivity index is 2.07. The minimum atomic E-state index is -1.21. The van der Waals surface area contributed by atoms with E-state index in [-0.39, 0.29) is 10.6 Å². The van der Waals surface area contributed by atoms with E-state index in [0.717, 1.165) is 12.1 Å². The molecule has 0 fully saturated rings. The van der Waals surface area contributed by atoms with Gasteiger partial charge >= 0.3 is 0 Å². The van der Waals surface area contributed by atoms with E-state index in [1.54, 1.807) is 0 Å². The van der Waals surface area contributed by atoms with Crippen LogP contribution < -0.4 is 15.4 Å². The van der Waals surface area contributed by atoms with Gasteiger partial charge in [0, 0.05) is 13.1 Å². The number of carbonyl (C=O) groups excluding carboxylic acids is 2. The molecule has 0 bridgehead atoms. The van der Waals surface area contributed by atoms with Crippen molar-refractivity contribution in [2.45, 2.75) is 6.04 Å². The molecule has 0 spiro atoms. The van der Waals surface area contributed by atoms with E-state index >= 15 is 0 Å². The summed E-state index contributed by atoms with van der Waals surface area (Å²) >= 11 is 11.6. The van der Waals surface area contributed by atoms with Crippen molar-refractivity contribution in [3.63, 3.8) is 0 Å². The average Bonchev–Trinajstić information content (AvgIpc) is 2.62. The Morgan fingerprint density at radius 3 is 2.42 bits per heavy atom. The van der Waals surface area contributed by atoms with E-state index in [1.165, 1.54) is 31.3 Å². The summed E-state index contributed by atoms with van der Waals surface area (Å²) in [6.07, 6.45) is 0. The van der Waals surface area contributed by atoms with Crippen LogP contribution in [0, 0.1) is 11.6 Å². The molecule has 2 amide bonds. The van der Waals surface area contributed by atoms with Crippen LogP contribution in [0.1, 0.15) is 11.6 Å². The minimum Gasteiger partial charge on any atom is -0.484 e. The number of rotatable bonds is 6. The molecule has 0 aliphatic carbocycles. The van der Waals surface area contributed by atoms with E-state index in [0.29, 0.717) is 10.8 Å². The number of likely N-dealkylation sites (N-methyl/N-ethyl adjacent to an activating group) is 1. The van der Waals surface area contributed by atoms with Crippen molar-refractivity contribution in [3.8, 4) is 5.75 Å². The predicted molar refractivity (Wildman–Crippen MR) is 93.3 cm³/mol. The molecular weight excluding hydrogens is 389 g/mol. The summed E-state index contributed by atoms with van der Waals surface area (Å²) in [5, 5.41) is 5.34. The monoisotopic (exact) mass is 402 g/mol. The lowest BCUT2D eigenvalue weighted by Gasteiger charge is -2.18. The van der Waals surface area contributed by atoms with Crippen LogP contribution in [0.4, 0.5) is 8.78 Å². The number of nitrogens with one attached hydrogen (secondary N) is 2. The normalized spacial score (nSPS) is 11.6. The summed E-state index contributed by atoms with van der Waals surface area (Å²) in [6.45, 7) is -0.421. The van der Waals surface area contributed by atoms with Crippen molar-refractivity contribution in [1.82, 2.24) is 10.6 Å². The highest BCUT2D eigenvalue weighted by Gasteiger charge is 2.23. The lowest BCUT2D eigenvalue weighted by Crippen LogP contribution is -2.41. The SMILES string of the molecule is CNC(=O)C(NC(=O)COc1ccc(Cl)c(Cl)c1)c1ccc(F)c(F)c1. The molecule has 5 nitrogen and oxygen atoms in total. The average molecular weight is 403 g/mol. The Hall–Kier alpha value is -2.38. The van der Waals surface area contributed by atoms with Crippen LogP contribution in [0.25, 0.3) is 0 Å². The lowest BCUT2D eigenvalue weighted by molar-refractivity contribution is -0.129. The van der Waals surface area contributed by atoms with E-state index < -0.39 is 36.1 Å². The molecule has 2 rings (SSSR count). The Morgan fingerprint density at radius 2 is 1.81 bits per heavy atom. The summed E-state index contributed by atoms with van der Waals surface area (Å²) < 4.78 is 31.8. The fraction of sp³-hybridized carbons (Fsp3) is 0.176. The molecule has 0 saturated heterocycles. The van der Waals surface area contributed by atoms with Crippen LogP contribution in [0.3, 0.4) is 0 Å². The number of ether oxygens (including phenoxy) is 1. The van der Waals surface area contributed by atoms with Gasteiger partial charge in [-0.05, 0) is 29.8 Å². The summed E-state index contributed by atoms with van der Waals surface area (Å²) in [6, 6.07) is 6.17. The smallest absolute Gasteiger partial charge is 0.258 e. The lowest BCUT2D eigenvalue weighted by atomic mass is 10.1. The molecule has 2 aromatic rings. The largest absolute Gasteiger partial charge is 0.484 e. The van der Waals surface area contributed by atoms with Gasteiger partial charge in [0.2, 0.25) is 5.91 Å². The number of carbonyl (C=O) groups is 2. The van der Waals surface area contributed by atoms with Gasteiger partial charge in [-0.1, -0.05) is 29.3 Å². The molecule has 1 unspecified atom stereocenters. The van der Waals surface area contributed by atoms with Gasteiger partial charge in [-0.15, -0.1) is 0 Å². The molecule has 0 heterocycles. The highest BCUT2D eigenvalue weighted by atomic mass is 35.5. The molecule has 0 radical (unpaired) electrons. The Labute approximate surface area is 158 Å². The zero-order valence-electron chi connectivity index (χ0n) is 13.5. The van der Waals surface area contributed by atoms with E-state index in [1.807, 2.05) is 0 Å². The van der Waals surface area contributed by atoms with Gasteiger partial charge in [-0.25, -0.2) is 8.78 Å². The third kappa shape index (κ3) is 5.06. The van der Waals surface area contributed by atoms with Gasteiger partial charge in [-0.2, -0.15) is 0 Å². The van der Waals surface area contributed by atoms with Crippen molar-refractivity contribution < 1.29 is 23.1 Å². The van der Waals surface area contributed by atoms with E-state index in [2.05, 4.69) is 10.6 Å². The molecule has 138 valence electrons. The second-order valence-electron chi connectivity index (χ2n) is 5.15. The fourth-order valence-electron chi connectivity index (χ4n) is 2.05. The van der Waals surface area contributed by atoms with E-state index in [9.17, 15) is 18.4 Å². The van der Waals surface area contributed by atoms with Crippen molar-refractivity contribution in [3.05, 3.63) is 63.6 Å². The third-order valence-corrected chi connectivity index (χ3v) is 4.09. The first-order valence-corrected chi connectivity index (χ1v) is 8.11. The Kier molecular flexibility index (Phi) is 6.76. The first kappa shape index (κ1) is 19.9. The first-order chi connectivity index (χ1) is 12.3. The molecule has 0 aromatic heterocycles. The highest BCUT2D eigenvalue weighted by molar-refractivity contribution is 6.42. The molecule has 0 aliphatic rings. The maximum Gasteiger partial charge on any atom is 0.258 e. The predicted octanol–water partition coefficient (Wildman–Crippen LogP) is 3.25. The summed E-state index contributed by atoms with van der Waals surface area (Å²) in [5.74, 6) is -3.12. The summed E-state index contributed by atoms with van der Waals surface area (Å²) in [5.41, 5.74) is 0.0890. The van der Waals surface area contributed by atoms with Crippen molar-refractivity contribution in [1.29, 1.82) is 0 Å². The van der Waals surface area contributed by atoms with Crippen molar-refractivity contribution in [2.24, 2.45) is 0 Å². The van der Waals surface area contributed by atoms with Gasteiger partial charge < -0.3 is 15.4 Å². The second-order valence-corrected chi connectivity index (χ2v) is 5.97. The maximum absolute atomic E-state index is 13.4. The molecule has 2 N–H and O–H groups in total. The van der Waals surface area contributed by atoms with Crippen LogP contribution >= 0.6 is 23.2 Å². The molecular formula is C17H14Cl2F2N2O3. The van der Waals surface area contributed by atoms with Gasteiger partial charge in [-0.3, -0.25) is 9.59 Å². The van der Waals surface area contributed by atoms with Crippen LogP contribution in [-0.2, 0) is 9.59 Å². The third-order valence-electron chi connectivity index (χ3n) is 3.35. The van der Waals surface area contributed by atoms with E-state index in [4.69, 9.17) is 27.9 Å². The molecule has 26 heavy (non-hydrogen) atoms. The maximum atomic E-state index is 13.4. The quantitative estimate of drug-likeness (QED) is 0.778. The van der Waals surface area contributed by atoms with Crippen LogP contribution in [0.5, 0.6) is 5.75 Å². The minimum absolute atomic E-state index is 0.0890. The Morgan fingerprint density at radius 1 is 1.08 bits per heavy atom. The molecule has 0 aliphatic heterocycles. The van der Waals surface area contributed by atoms with Crippen LogP contribution in [0.2, 0.25) is 10.0 Å².